The van der Waals surface area contributed by atoms with Gasteiger partial charge < -0.3 is 4.90 Å². The predicted molar refractivity (Wildman–Crippen MR) is 59.7 cm³/mol. The molecule has 0 atom stereocenters. The molecule has 0 N–H and O–H groups in total. The lowest BCUT2D eigenvalue weighted by Gasteiger charge is -2.35. The van der Waals surface area contributed by atoms with Crippen LogP contribution in [0.15, 0.2) is 18.3 Å². The summed E-state index contributed by atoms with van der Waals surface area (Å²) in [6.45, 7) is 0. The van der Waals surface area contributed by atoms with Crippen molar-refractivity contribution >= 4 is 5.82 Å². The van der Waals surface area contributed by atoms with Crippen LogP contribution in [0.2, 0.25) is 0 Å². The highest BCUT2D eigenvalue weighted by Crippen LogP contribution is 2.42. The summed E-state index contributed by atoms with van der Waals surface area (Å²) in [5.74, 6) is 0.936. The van der Waals surface area contributed by atoms with Gasteiger partial charge in [0.1, 0.15) is 5.82 Å². The molecule has 0 unspecified atom stereocenters. The average molecular weight is 201 g/mol. The molecule has 0 aromatic carbocycles. The molecule has 0 saturated heterocycles. The second-order valence-corrected chi connectivity index (χ2v) is 4.35. The largest absolute Gasteiger partial charge is 0.363 e. The average Bonchev–Trinajstić information content (AvgIpc) is 2.18. The fourth-order valence-corrected chi connectivity index (χ4v) is 1.93. The molecule has 1 aromatic heterocycles. The molecule has 0 amide bonds. The number of nitrogens with zero attached hydrogens (tertiary/aromatic N) is 3. The monoisotopic (exact) mass is 201 g/mol. The van der Waals surface area contributed by atoms with Crippen LogP contribution in [-0.2, 0) is 5.41 Å². The Morgan fingerprint density at radius 3 is 2.47 bits per heavy atom. The summed E-state index contributed by atoms with van der Waals surface area (Å²) in [4.78, 5) is 6.31. The standard InChI is InChI=1S/C12H15N3/c1-15(2)11-5-4-10(8-14-11)12(9-13)6-3-7-12/h4-5,8H,3,6-7H2,1-2H3. The van der Waals surface area contributed by atoms with Crippen molar-refractivity contribution in [3.63, 3.8) is 0 Å². The molecule has 3 heteroatoms. The van der Waals surface area contributed by atoms with Gasteiger partial charge in [0.15, 0.2) is 0 Å². The van der Waals surface area contributed by atoms with Gasteiger partial charge in [0.05, 0.1) is 11.5 Å². The highest BCUT2D eigenvalue weighted by molar-refractivity contribution is 5.41. The molecule has 0 aliphatic heterocycles. The third-order valence-electron chi connectivity index (χ3n) is 3.18. The van der Waals surface area contributed by atoms with Gasteiger partial charge in [-0.1, -0.05) is 6.07 Å². The molecule has 3 nitrogen and oxygen atoms in total. The van der Waals surface area contributed by atoms with Gasteiger partial charge in [0, 0.05) is 20.3 Å². The maximum absolute atomic E-state index is 9.18. The molecule has 1 aromatic rings. The van der Waals surface area contributed by atoms with E-state index in [1.54, 1.807) is 0 Å². The van der Waals surface area contributed by atoms with E-state index in [-0.39, 0.29) is 5.41 Å². The van der Waals surface area contributed by atoms with Crippen LogP contribution in [-0.4, -0.2) is 19.1 Å². The second kappa shape index (κ2) is 3.54. The predicted octanol–water partition coefficient (Wildman–Crippen LogP) is 2.09. The summed E-state index contributed by atoms with van der Waals surface area (Å²) < 4.78 is 0. The highest BCUT2D eigenvalue weighted by Gasteiger charge is 2.39. The van der Waals surface area contributed by atoms with Crippen LogP contribution < -0.4 is 4.90 Å². The highest BCUT2D eigenvalue weighted by atomic mass is 15.1. The number of aromatic nitrogens is 1. The molecule has 15 heavy (non-hydrogen) atoms. The minimum Gasteiger partial charge on any atom is -0.363 e. The van der Waals surface area contributed by atoms with Crippen molar-refractivity contribution in [1.82, 2.24) is 4.98 Å². The van der Waals surface area contributed by atoms with Crippen molar-refractivity contribution in [3.8, 4) is 6.07 Å². The van der Waals surface area contributed by atoms with E-state index in [9.17, 15) is 5.26 Å². The number of nitriles is 1. The normalized spacial score (nSPS) is 17.7. The first kappa shape index (κ1) is 9.97. The van der Waals surface area contributed by atoms with Crippen LogP contribution in [0.5, 0.6) is 0 Å². The Morgan fingerprint density at radius 2 is 2.13 bits per heavy atom. The molecule has 1 heterocycles. The molecule has 78 valence electrons. The van der Waals surface area contributed by atoms with Crippen LogP contribution in [0.25, 0.3) is 0 Å². The van der Waals surface area contributed by atoms with Gasteiger partial charge in [0.25, 0.3) is 0 Å². The molecule has 1 aliphatic carbocycles. The first-order valence-corrected chi connectivity index (χ1v) is 5.23. The van der Waals surface area contributed by atoms with Crippen molar-refractivity contribution in [1.29, 1.82) is 5.26 Å². The topological polar surface area (TPSA) is 39.9 Å². The zero-order valence-corrected chi connectivity index (χ0v) is 9.20. The number of anilines is 1. The van der Waals surface area contributed by atoms with Crippen LogP contribution in [0.1, 0.15) is 24.8 Å². The Morgan fingerprint density at radius 1 is 1.40 bits per heavy atom. The lowest BCUT2D eigenvalue weighted by Crippen LogP contribution is -2.32. The summed E-state index contributed by atoms with van der Waals surface area (Å²) in [5.41, 5.74) is 0.833. The van der Waals surface area contributed by atoms with E-state index in [0.717, 1.165) is 30.6 Å². The van der Waals surface area contributed by atoms with E-state index >= 15 is 0 Å². The van der Waals surface area contributed by atoms with Crippen LogP contribution in [0.4, 0.5) is 5.82 Å². The Bertz CT molecular complexity index is 382. The lowest BCUT2D eigenvalue weighted by molar-refractivity contribution is 0.323. The summed E-state index contributed by atoms with van der Waals surface area (Å²) in [6.07, 6.45) is 4.96. The molecule has 0 spiro atoms. The third-order valence-corrected chi connectivity index (χ3v) is 3.18. The van der Waals surface area contributed by atoms with Gasteiger partial charge in [-0.25, -0.2) is 4.98 Å². The molecule has 1 saturated carbocycles. The fraction of sp³-hybridized carbons (Fsp3) is 0.500. The van der Waals surface area contributed by atoms with Crippen LogP contribution in [0, 0.1) is 11.3 Å². The van der Waals surface area contributed by atoms with Gasteiger partial charge in [-0.2, -0.15) is 5.26 Å². The van der Waals surface area contributed by atoms with Gasteiger partial charge in [-0.15, -0.1) is 0 Å². The van der Waals surface area contributed by atoms with Crippen LogP contribution in [0.3, 0.4) is 0 Å². The van der Waals surface area contributed by atoms with E-state index in [1.165, 1.54) is 0 Å². The van der Waals surface area contributed by atoms with E-state index < -0.39 is 0 Å². The number of pyridine rings is 1. The van der Waals surface area contributed by atoms with Crippen molar-refractivity contribution in [3.05, 3.63) is 23.9 Å². The second-order valence-electron chi connectivity index (χ2n) is 4.35. The maximum Gasteiger partial charge on any atom is 0.127 e. The molecular formula is C12H15N3. The zero-order valence-electron chi connectivity index (χ0n) is 9.20. The lowest BCUT2D eigenvalue weighted by atomic mass is 9.66. The van der Waals surface area contributed by atoms with Crippen molar-refractivity contribution in [2.75, 3.05) is 19.0 Å². The molecule has 0 bridgehead atoms. The van der Waals surface area contributed by atoms with E-state index in [0.29, 0.717) is 0 Å². The summed E-state index contributed by atoms with van der Waals surface area (Å²) >= 11 is 0. The zero-order chi connectivity index (χ0) is 10.9. The van der Waals surface area contributed by atoms with Crippen molar-refractivity contribution < 1.29 is 0 Å². The minimum atomic E-state index is -0.238. The summed E-state index contributed by atoms with van der Waals surface area (Å²) in [7, 11) is 3.93. The fourth-order valence-electron chi connectivity index (χ4n) is 1.93. The number of hydrogen-bond donors (Lipinski definition) is 0. The molecule has 1 aliphatic rings. The third kappa shape index (κ3) is 1.56. The first-order valence-electron chi connectivity index (χ1n) is 5.23. The SMILES string of the molecule is CN(C)c1ccc(C2(C#N)CCC2)cn1. The molecule has 2 rings (SSSR count). The van der Waals surface area contributed by atoms with E-state index in [4.69, 9.17) is 0 Å². The smallest absolute Gasteiger partial charge is 0.127 e. The van der Waals surface area contributed by atoms with Gasteiger partial charge >= 0.3 is 0 Å². The molecular weight excluding hydrogens is 186 g/mol. The Labute approximate surface area is 90.4 Å². The number of hydrogen-bond acceptors (Lipinski definition) is 3. The van der Waals surface area contributed by atoms with E-state index in [1.807, 2.05) is 37.3 Å². The Balaban J connectivity index is 2.28. The van der Waals surface area contributed by atoms with Gasteiger partial charge in [-0.3, -0.25) is 0 Å². The summed E-state index contributed by atoms with van der Waals surface area (Å²) in [5, 5.41) is 9.18. The Kier molecular flexibility index (Phi) is 2.36. The van der Waals surface area contributed by atoms with Crippen LogP contribution >= 0.6 is 0 Å². The van der Waals surface area contributed by atoms with Gasteiger partial charge in [0.2, 0.25) is 0 Å². The van der Waals surface area contributed by atoms with Gasteiger partial charge in [-0.05, 0) is 30.9 Å². The van der Waals surface area contributed by atoms with Crippen molar-refractivity contribution in [2.45, 2.75) is 24.7 Å². The van der Waals surface area contributed by atoms with E-state index in [2.05, 4.69) is 11.1 Å². The van der Waals surface area contributed by atoms with Crippen molar-refractivity contribution in [2.24, 2.45) is 0 Å². The molecule has 1 fully saturated rings. The number of rotatable bonds is 2. The maximum atomic E-state index is 9.18. The minimum absolute atomic E-state index is 0.238. The molecule has 0 radical (unpaired) electrons. The quantitative estimate of drug-likeness (QED) is 0.735. The first-order chi connectivity index (χ1) is 7.18. The summed E-state index contributed by atoms with van der Waals surface area (Å²) in [6, 6.07) is 6.44. The Hall–Kier alpha value is -1.56.